The summed E-state index contributed by atoms with van der Waals surface area (Å²) in [5.41, 5.74) is 4.75. The maximum absolute atomic E-state index is 14.3. The van der Waals surface area contributed by atoms with Gasteiger partial charge in [-0.25, -0.2) is 8.78 Å². The van der Waals surface area contributed by atoms with Gasteiger partial charge in [0.2, 0.25) is 0 Å². The van der Waals surface area contributed by atoms with Crippen molar-refractivity contribution in [1.29, 1.82) is 0 Å². The van der Waals surface area contributed by atoms with E-state index in [1.54, 1.807) is 25.1 Å². The van der Waals surface area contributed by atoms with Gasteiger partial charge < -0.3 is 0 Å². The van der Waals surface area contributed by atoms with E-state index in [4.69, 9.17) is 0 Å². The zero-order valence-electron chi connectivity index (χ0n) is 21.2. The van der Waals surface area contributed by atoms with Crippen LogP contribution in [-0.2, 0) is 11.4 Å². The van der Waals surface area contributed by atoms with Crippen molar-refractivity contribution in [3.63, 3.8) is 0 Å². The van der Waals surface area contributed by atoms with Crippen LogP contribution in [0.1, 0.15) is 5.56 Å². The third-order valence-electron chi connectivity index (χ3n) is 6.72. The summed E-state index contributed by atoms with van der Waals surface area (Å²) in [6.07, 6.45) is 0. The molecule has 4 heterocycles. The largest absolute Gasteiger partial charge is 0.313 e. The molecule has 7 rings (SSSR count). The third kappa shape index (κ3) is 4.90. The van der Waals surface area contributed by atoms with Gasteiger partial charge in [0, 0.05) is 30.6 Å². The first-order valence-corrected chi connectivity index (χ1v) is 17.1. The van der Waals surface area contributed by atoms with Crippen molar-refractivity contribution in [2.75, 3.05) is 0 Å². The van der Waals surface area contributed by atoms with E-state index in [0.717, 1.165) is 55.8 Å². The molecule has 0 unspecified atom stereocenters. The molecule has 0 spiro atoms. The molecule has 0 fully saturated rings. The van der Waals surface area contributed by atoms with E-state index in [9.17, 15) is 28.2 Å². The first kappa shape index (κ1) is 28.3. The standard InChI is InChI=1S/C27H13F7N4S5/c1-12-2-3-13(10-15(12)28)17-5-7-19(39-17)22-24-26(37-41-35-24)23(27-25(22)36-42-38-27)20-8-6-18(40-20)14-4-9-21(16(29)11-14)43(30,31,32,33)34/h2-11H,1H3. The zero-order chi connectivity index (χ0) is 30.4. The maximum atomic E-state index is 14.3. The van der Waals surface area contributed by atoms with Crippen LogP contribution in [0, 0.1) is 18.6 Å². The van der Waals surface area contributed by atoms with Crippen molar-refractivity contribution in [3.05, 3.63) is 77.9 Å². The lowest BCUT2D eigenvalue weighted by molar-refractivity contribution is 0.355. The highest BCUT2D eigenvalue weighted by Gasteiger charge is 2.67. The molecule has 0 saturated heterocycles. The van der Waals surface area contributed by atoms with Gasteiger partial charge in [0.1, 0.15) is 38.9 Å². The van der Waals surface area contributed by atoms with Crippen LogP contribution in [0.4, 0.5) is 39.6 Å². The molecule has 3 aromatic carbocycles. The second-order valence-corrected chi connectivity index (χ2v) is 15.2. The van der Waals surface area contributed by atoms with E-state index in [1.165, 1.54) is 17.4 Å². The van der Waals surface area contributed by atoms with Gasteiger partial charge >= 0.3 is 10.2 Å². The summed E-state index contributed by atoms with van der Waals surface area (Å²) >= 11 is 4.52. The normalized spacial score (nSPS) is 14.5. The fraction of sp³-hybridized carbons (Fsp3) is 0.0370. The van der Waals surface area contributed by atoms with Gasteiger partial charge in [-0.3, -0.25) is 0 Å². The van der Waals surface area contributed by atoms with Gasteiger partial charge in [-0.1, -0.05) is 37.6 Å². The molecule has 43 heavy (non-hydrogen) atoms. The van der Waals surface area contributed by atoms with E-state index in [-0.39, 0.29) is 17.4 Å². The molecular formula is C27H13F7N4S5. The molecule has 0 bridgehead atoms. The van der Waals surface area contributed by atoms with Crippen molar-refractivity contribution >= 4 is 78.4 Å². The lowest BCUT2D eigenvalue weighted by Crippen LogP contribution is -2.08. The van der Waals surface area contributed by atoms with Crippen LogP contribution in [0.5, 0.6) is 0 Å². The van der Waals surface area contributed by atoms with Crippen molar-refractivity contribution < 1.29 is 28.2 Å². The van der Waals surface area contributed by atoms with Gasteiger partial charge in [-0.15, -0.1) is 22.7 Å². The second-order valence-electron chi connectivity index (χ2n) is 9.58. The number of aromatic nitrogens is 2. The maximum Gasteiger partial charge on any atom is 0.313 e. The van der Waals surface area contributed by atoms with E-state index in [1.807, 2.05) is 18.2 Å². The first-order chi connectivity index (χ1) is 20.2. The molecule has 6 aromatic rings. The van der Waals surface area contributed by atoms with Gasteiger partial charge in [-0.05, 0) is 66.1 Å². The van der Waals surface area contributed by atoms with Crippen molar-refractivity contribution in [2.45, 2.75) is 11.8 Å². The lowest BCUT2D eigenvalue weighted by Gasteiger charge is -2.40. The number of aryl methyl sites for hydroxylation is 1. The van der Waals surface area contributed by atoms with Crippen LogP contribution < -0.4 is 0 Å². The van der Waals surface area contributed by atoms with Crippen LogP contribution in [0.2, 0.25) is 0 Å². The van der Waals surface area contributed by atoms with Crippen LogP contribution in [0.25, 0.3) is 52.8 Å². The molecule has 0 atom stereocenters. The van der Waals surface area contributed by atoms with Crippen LogP contribution >= 0.6 is 44.6 Å². The summed E-state index contributed by atoms with van der Waals surface area (Å²) in [5, 5.41) is 0. The van der Waals surface area contributed by atoms with Gasteiger partial charge in [0.25, 0.3) is 0 Å². The highest BCUT2D eigenvalue weighted by molar-refractivity contribution is 8.45. The Kier molecular flexibility index (Phi) is 5.96. The highest BCUT2D eigenvalue weighted by atomic mass is 32.5. The summed E-state index contributed by atoms with van der Waals surface area (Å²) in [6, 6.07) is 13.4. The number of nitrogens with zero attached hydrogens (tertiary/aromatic N) is 4. The molecule has 4 nitrogen and oxygen atoms in total. The minimum absolute atomic E-state index is 0.00919. The molecule has 1 aliphatic heterocycles. The summed E-state index contributed by atoms with van der Waals surface area (Å²) < 4.78 is 113. The average molecular weight is 687 g/mol. The molecule has 16 heteroatoms. The number of thiophene rings is 2. The quantitative estimate of drug-likeness (QED) is 0.169. The molecule has 0 aliphatic carbocycles. The van der Waals surface area contributed by atoms with E-state index >= 15 is 0 Å². The first-order valence-electron chi connectivity index (χ1n) is 12.1. The average Bonchev–Trinajstić information content (AvgIpc) is 3.74. The number of hydrogen-bond acceptors (Lipinski definition) is 7. The summed E-state index contributed by atoms with van der Waals surface area (Å²) in [4.78, 5) is 0.0795. The summed E-state index contributed by atoms with van der Waals surface area (Å²) in [7, 11) is -10.2. The molecule has 0 saturated carbocycles. The number of benzene rings is 3. The Morgan fingerprint density at radius 2 is 1.09 bits per heavy atom. The smallest absolute Gasteiger partial charge is 0.207 e. The predicted octanol–water partition coefficient (Wildman–Crippen LogP) is 12.5. The Labute approximate surface area is 254 Å². The molecule has 3 aromatic heterocycles. The summed E-state index contributed by atoms with van der Waals surface area (Å²) in [6.45, 7) is 1.69. The Balaban J connectivity index is 1.33. The van der Waals surface area contributed by atoms with E-state index < -0.39 is 20.9 Å². The second kappa shape index (κ2) is 9.04. The van der Waals surface area contributed by atoms with Crippen LogP contribution in [0.15, 0.2) is 74.3 Å². The number of hydrogen-bond donors (Lipinski definition) is 0. The highest BCUT2D eigenvalue weighted by Crippen LogP contribution is 3.02. The number of rotatable bonds is 5. The minimum atomic E-state index is -10.2. The Morgan fingerprint density at radius 1 is 0.605 bits per heavy atom. The van der Waals surface area contributed by atoms with E-state index in [0.29, 0.717) is 54.9 Å². The van der Waals surface area contributed by atoms with Crippen molar-refractivity contribution in [3.8, 4) is 41.8 Å². The Morgan fingerprint density at radius 3 is 1.58 bits per heavy atom. The van der Waals surface area contributed by atoms with Crippen molar-refractivity contribution in [2.24, 2.45) is 8.73 Å². The lowest BCUT2D eigenvalue weighted by atomic mass is 10.0. The van der Waals surface area contributed by atoms with Crippen LogP contribution in [-0.4, -0.2) is 8.75 Å². The molecule has 1 aliphatic rings. The molecule has 0 N–H and O–H groups in total. The summed E-state index contributed by atoms with van der Waals surface area (Å²) in [5.74, 6) is -2.35. The monoisotopic (exact) mass is 686 g/mol. The molecular weight excluding hydrogens is 674 g/mol. The predicted molar refractivity (Wildman–Crippen MR) is 163 cm³/mol. The van der Waals surface area contributed by atoms with E-state index in [2.05, 4.69) is 17.5 Å². The van der Waals surface area contributed by atoms with Crippen molar-refractivity contribution in [1.82, 2.24) is 8.75 Å². The number of fused-ring (bicyclic) bond motifs is 2. The van der Waals surface area contributed by atoms with Gasteiger partial charge in [0.15, 0.2) is 0 Å². The Hall–Kier alpha value is -3.44. The SMILES string of the molecule is Cc1ccc(-c2ccc(-c3c4c(c(-c5ccc(-c6ccc(S(F)(F)(F)(F)F)c(F)c6)s5)c5nsnc35)N=S=N4)s2)cc1F. The molecule has 220 valence electrons. The molecule has 0 radical (unpaired) electrons. The molecule has 0 amide bonds. The van der Waals surface area contributed by atoms with Gasteiger partial charge in [0.05, 0.1) is 23.1 Å². The van der Waals surface area contributed by atoms with Crippen LogP contribution in [0.3, 0.4) is 0 Å². The Bertz CT molecular complexity index is 2210. The fourth-order valence-corrected chi connectivity index (χ4v) is 8.66. The fourth-order valence-electron chi connectivity index (χ4n) is 4.69. The zero-order valence-corrected chi connectivity index (χ0v) is 25.3. The topological polar surface area (TPSA) is 50.5 Å². The van der Waals surface area contributed by atoms with Gasteiger partial charge in [-0.2, -0.15) is 17.5 Å². The minimum Gasteiger partial charge on any atom is -0.207 e. The third-order valence-corrected chi connectivity index (χ3v) is 11.2. The number of halogens is 7.